The minimum atomic E-state index is -0.896. The number of ether oxygens (including phenoxy) is 1. The van der Waals surface area contributed by atoms with Crippen LogP contribution in [0.3, 0.4) is 0 Å². The zero-order valence-corrected chi connectivity index (χ0v) is 17.1. The lowest BCUT2D eigenvalue weighted by Crippen LogP contribution is -2.37. The van der Waals surface area contributed by atoms with E-state index in [0.29, 0.717) is 23.1 Å². The second-order valence-corrected chi connectivity index (χ2v) is 7.20. The van der Waals surface area contributed by atoms with Crippen LogP contribution in [0.2, 0.25) is 0 Å². The van der Waals surface area contributed by atoms with Gasteiger partial charge in [0, 0.05) is 6.54 Å². The number of nitrogens with one attached hydrogen (secondary N) is 1. The van der Waals surface area contributed by atoms with Gasteiger partial charge in [0.15, 0.2) is 6.10 Å². The second-order valence-electron chi connectivity index (χ2n) is 7.20. The number of benzene rings is 2. The summed E-state index contributed by atoms with van der Waals surface area (Å²) in [7, 11) is 0. The Morgan fingerprint density at radius 3 is 2.31 bits per heavy atom. The third-order valence-corrected chi connectivity index (χ3v) is 4.92. The molecule has 0 radical (unpaired) electrons. The summed E-state index contributed by atoms with van der Waals surface area (Å²) < 4.78 is 5.34. The summed E-state index contributed by atoms with van der Waals surface area (Å²) in [5.41, 5.74) is 4.47. The van der Waals surface area contributed by atoms with Gasteiger partial charge in [-0.2, -0.15) is 0 Å². The minimum absolute atomic E-state index is 0.161. The average Bonchev–Trinajstić information content (AvgIpc) is 2.72. The molecule has 3 rings (SSSR count). The maximum Gasteiger partial charge on any atom is 0.338 e. The summed E-state index contributed by atoms with van der Waals surface area (Å²) in [5, 5.41) is 2.84. The van der Waals surface area contributed by atoms with Crippen LogP contribution in [0, 0.1) is 13.8 Å². The van der Waals surface area contributed by atoms with E-state index in [-0.39, 0.29) is 11.8 Å². The summed E-state index contributed by atoms with van der Waals surface area (Å²) in [6, 6.07) is 14.9. The quantitative estimate of drug-likeness (QED) is 0.648. The molecule has 29 heavy (non-hydrogen) atoms. The Labute approximate surface area is 170 Å². The topological polar surface area (TPSA) is 81.2 Å². The minimum Gasteiger partial charge on any atom is -0.449 e. The number of rotatable bonds is 6. The van der Waals surface area contributed by atoms with Crippen molar-refractivity contribution in [1.29, 1.82) is 0 Å². The third-order valence-electron chi connectivity index (χ3n) is 4.92. The van der Waals surface area contributed by atoms with Gasteiger partial charge >= 0.3 is 5.97 Å². The standard InChI is InChI=1S/C23H25N3O3/c1-14(18-8-6-5-7-9-18)13-24-22(27)17(4)29-23(28)19-10-11-20-21(12-19)26-16(3)15(2)25-20/h5-12,14,17H,13H2,1-4H3,(H,24,27)/t14-,17-/m0/s1. The molecule has 0 unspecified atom stereocenters. The summed E-state index contributed by atoms with van der Waals surface area (Å²) >= 11 is 0. The number of carbonyl (C=O) groups excluding carboxylic acids is 2. The van der Waals surface area contributed by atoms with Gasteiger partial charge in [0.05, 0.1) is 28.0 Å². The molecule has 3 aromatic rings. The highest BCUT2D eigenvalue weighted by molar-refractivity contribution is 5.95. The molecule has 0 aliphatic heterocycles. The van der Waals surface area contributed by atoms with Crippen molar-refractivity contribution < 1.29 is 14.3 Å². The number of aromatic nitrogens is 2. The lowest BCUT2D eigenvalue weighted by Gasteiger charge is -2.17. The molecule has 1 amide bonds. The normalized spacial score (nSPS) is 13.0. The molecule has 0 saturated carbocycles. The van der Waals surface area contributed by atoms with Gasteiger partial charge in [-0.1, -0.05) is 37.3 Å². The van der Waals surface area contributed by atoms with Gasteiger partial charge < -0.3 is 10.1 Å². The van der Waals surface area contributed by atoms with Gasteiger partial charge in [0.1, 0.15) is 0 Å². The first-order chi connectivity index (χ1) is 13.8. The highest BCUT2D eigenvalue weighted by Gasteiger charge is 2.20. The van der Waals surface area contributed by atoms with E-state index in [0.717, 1.165) is 17.0 Å². The van der Waals surface area contributed by atoms with Crippen molar-refractivity contribution in [3.05, 3.63) is 71.0 Å². The zero-order valence-electron chi connectivity index (χ0n) is 17.1. The molecule has 1 heterocycles. The summed E-state index contributed by atoms with van der Waals surface area (Å²) in [6.07, 6.45) is -0.896. The van der Waals surface area contributed by atoms with Crippen LogP contribution in [0.5, 0.6) is 0 Å². The van der Waals surface area contributed by atoms with E-state index >= 15 is 0 Å². The first-order valence-electron chi connectivity index (χ1n) is 9.64. The van der Waals surface area contributed by atoms with Crippen molar-refractivity contribution in [2.45, 2.75) is 39.7 Å². The number of aryl methyl sites for hydroxylation is 2. The highest BCUT2D eigenvalue weighted by atomic mass is 16.5. The van der Waals surface area contributed by atoms with E-state index in [4.69, 9.17) is 4.74 Å². The van der Waals surface area contributed by atoms with Gasteiger partial charge in [-0.15, -0.1) is 0 Å². The maximum atomic E-state index is 12.5. The number of fused-ring (bicyclic) bond motifs is 1. The van der Waals surface area contributed by atoms with Crippen molar-refractivity contribution in [2.75, 3.05) is 6.54 Å². The van der Waals surface area contributed by atoms with E-state index < -0.39 is 12.1 Å². The lowest BCUT2D eigenvalue weighted by atomic mass is 10.0. The van der Waals surface area contributed by atoms with Gasteiger partial charge in [0.25, 0.3) is 5.91 Å². The molecule has 2 aromatic carbocycles. The molecule has 150 valence electrons. The Balaban J connectivity index is 1.60. The SMILES string of the molecule is Cc1nc2ccc(C(=O)O[C@@H](C)C(=O)NC[C@H](C)c3ccccc3)cc2nc1C. The molecule has 0 spiro atoms. The molecule has 0 saturated heterocycles. The number of esters is 1. The van der Waals surface area contributed by atoms with Crippen LogP contribution in [-0.2, 0) is 9.53 Å². The van der Waals surface area contributed by atoms with Crippen LogP contribution < -0.4 is 5.32 Å². The number of carbonyl (C=O) groups is 2. The van der Waals surface area contributed by atoms with Gasteiger partial charge in [0.2, 0.25) is 0 Å². The fourth-order valence-corrected chi connectivity index (χ4v) is 2.94. The van der Waals surface area contributed by atoms with Crippen LogP contribution in [0.4, 0.5) is 0 Å². The number of hydrogen-bond acceptors (Lipinski definition) is 5. The smallest absolute Gasteiger partial charge is 0.338 e. The Morgan fingerprint density at radius 1 is 0.966 bits per heavy atom. The monoisotopic (exact) mass is 391 g/mol. The summed E-state index contributed by atoms with van der Waals surface area (Å²) in [5.74, 6) is -0.729. The Kier molecular flexibility index (Phi) is 6.22. The fourth-order valence-electron chi connectivity index (χ4n) is 2.94. The lowest BCUT2D eigenvalue weighted by molar-refractivity contribution is -0.129. The van der Waals surface area contributed by atoms with Crippen molar-refractivity contribution in [3.8, 4) is 0 Å². The predicted molar refractivity (Wildman–Crippen MR) is 112 cm³/mol. The number of amides is 1. The number of nitrogens with zero attached hydrogens (tertiary/aromatic N) is 2. The van der Waals surface area contributed by atoms with Crippen LogP contribution >= 0.6 is 0 Å². The molecule has 1 N–H and O–H groups in total. The first-order valence-corrected chi connectivity index (χ1v) is 9.64. The maximum absolute atomic E-state index is 12.5. The molecule has 0 fully saturated rings. The molecule has 6 nitrogen and oxygen atoms in total. The van der Waals surface area contributed by atoms with Gasteiger partial charge in [-0.25, -0.2) is 14.8 Å². The number of hydrogen-bond donors (Lipinski definition) is 1. The van der Waals surface area contributed by atoms with Crippen LogP contribution in [0.1, 0.15) is 47.1 Å². The van der Waals surface area contributed by atoms with E-state index in [9.17, 15) is 9.59 Å². The Bertz CT molecular complexity index is 1030. The first kappa shape index (κ1) is 20.5. The average molecular weight is 391 g/mol. The molecular formula is C23H25N3O3. The second kappa shape index (κ2) is 8.82. The molecule has 6 heteroatoms. The fraction of sp³-hybridized carbons (Fsp3) is 0.304. The van der Waals surface area contributed by atoms with Crippen molar-refractivity contribution in [2.24, 2.45) is 0 Å². The third kappa shape index (κ3) is 4.96. The van der Waals surface area contributed by atoms with E-state index in [2.05, 4.69) is 15.3 Å². The van der Waals surface area contributed by atoms with Crippen molar-refractivity contribution >= 4 is 22.9 Å². The Hall–Kier alpha value is -3.28. The molecule has 0 bridgehead atoms. The van der Waals surface area contributed by atoms with E-state index in [1.54, 1.807) is 25.1 Å². The zero-order chi connectivity index (χ0) is 21.0. The summed E-state index contributed by atoms with van der Waals surface area (Å²) in [4.78, 5) is 33.7. The molecule has 2 atom stereocenters. The largest absolute Gasteiger partial charge is 0.449 e. The summed E-state index contributed by atoms with van der Waals surface area (Å²) in [6.45, 7) is 7.83. The molecule has 0 aliphatic rings. The van der Waals surface area contributed by atoms with Gasteiger partial charge in [-0.3, -0.25) is 4.79 Å². The highest BCUT2D eigenvalue weighted by Crippen LogP contribution is 2.16. The van der Waals surface area contributed by atoms with Crippen molar-refractivity contribution in [3.63, 3.8) is 0 Å². The molecule has 0 aliphatic carbocycles. The van der Waals surface area contributed by atoms with Gasteiger partial charge in [-0.05, 0) is 50.5 Å². The van der Waals surface area contributed by atoms with E-state index in [1.807, 2.05) is 51.1 Å². The van der Waals surface area contributed by atoms with Crippen LogP contribution in [-0.4, -0.2) is 34.5 Å². The van der Waals surface area contributed by atoms with Crippen LogP contribution in [0.15, 0.2) is 48.5 Å². The van der Waals surface area contributed by atoms with Crippen LogP contribution in [0.25, 0.3) is 11.0 Å². The van der Waals surface area contributed by atoms with Crippen molar-refractivity contribution in [1.82, 2.24) is 15.3 Å². The predicted octanol–water partition coefficient (Wildman–Crippen LogP) is 3.71. The van der Waals surface area contributed by atoms with E-state index in [1.165, 1.54) is 0 Å². The molecular weight excluding hydrogens is 366 g/mol. The molecule has 1 aromatic heterocycles. The Morgan fingerprint density at radius 2 is 1.62 bits per heavy atom.